The molecule has 1 unspecified atom stereocenters. The van der Waals surface area contributed by atoms with E-state index in [-0.39, 0.29) is 23.5 Å². The average Bonchev–Trinajstić information content (AvgIpc) is 2.49. The molecule has 2 fully saturated rings. The van der Waals surface area contributed by atoms with Crippen LogP contribution in [-0.4, -0.2) is 47.3 Å². The van der Waals surface area contributed by atoms with Crippen LogP contribution < -0.4 is 15.8 Å². The van der Waals surface area contributed by atoms with Crippen molar-refractivity contribution in [2.45, 2.75) is 25.3 Å². The lowest BCUT2D eigenvalue weighted by Crippen LogP contribution is -2.44. The summed E-state index contributed by atoms with van der Waals surface area (Å²) < 4.78 is 1.36. The van der Waals surface area contributed by atoms with Gasteiger partial charge in [0.05, 0.1) is 12.5 Å². The number of hydrogen-bond acceptors (Lipinski definition) is 6. The number of carbonyl (C=O) groups excluding carboxylic acids is 2. The van der Waals surface area contributed by atoms with Crippen LogP contribution in [0.4, 0.5) is 5.82 Å². The first-order valence-electron chi connectivity index (χ1n) is 7.23. The lowest BCUT2D eigenvalue weighted by molar-refractivity contribution is -0.132. The van der Waals surface area contributed by atoms with Crippen molar-refractivity contribution in [3.8, 4) is 0 Å². The molecule has 0 amide bonds. The SMILES string of the molecule is O=C1CCC(n2cnc(N3CCNCC3)cc2=O)C(=O)C1. The van der Waals surface area contributed by atoms with Crippen LogP contribution in [0.3, 0.4) is 0 Å². The van der Waals surface area contributed by atoms with Crippen LogP contribution in [-0.2, 0) is 9.59 Å². The first kappa shape index (κ1) is 13.9. The summed E-state index contributed by atoms with van der Waals surface area (Å²) in [7, 11) is 0. The normalized spacial score (nSPS) is 23.4. The maximum Gasteiger partial charge on any atom is 0.256 e. The van der Waals surface area contributed by atoms with E-state index in [1.807, 2.05) is 0 Å². The zero-order valence-electron chi connectivity index (χ0n) is 11.7. The zero-order valence-corrected chi connectivity index (χ0v) is 11.7. The Bertz CT molecular complexity index is 619. The van der Waals surface area contributed by atoms with Crippen molar-refractivity contribution in [1.29, 1.82) is 0 Å². The summed E-state index contributed by atoms with van der Waals surface area (Å²) >= 11 is 0. The van der Waals surface area contributed by atoms with Crippen LogP contribution in [0.1, 0.15) is 25.3 Å². The van der Waals surface area contributed by atoms with Crippen LogP contribution in [0.25, 0.3) is 0 Å². The van der Waals surface area contributed by atoms with Gasteiger partial charge in [-0.1, -0.05) is 0 Å². The minimum Gasteiger partial charge on any atom is -0.354 e. The second-order valence-corrected chi connectivity index (χ2v) is 5.47. The molecule has 1 aliphatic carbocycles. The number of nitrogens with one attached hydrogen (secondary N) is 1. The van der Waals surface area contributed by atoms with E-state index in [9.17, 15) is 14.4 Å². The van der Waals surface area contributed by atoms with E-state index >= 15 is 0 Å². The van der Waals surface area contributed by atoms with Gasteiger partial charge < -0.3 is 10.2 Å². The van der Waals surface area contributed by atoms with Crippen LogP contribution in [0.15, 0.2) is 17.2 Å². The number of ketones is 2. The van der Waals surface area contributed by atoms with E-state index in [0.29, 0.717) is 18.7 Å². The lowest BCUT2D eigenvalue weighted by Gasteiger charge is -2.29. The summed E-state index contributed by atoms with van der Waals surface area (Å²) in [5.74, 6) is 0.414. The fourth-order valence-corrected chi connectivity index (χ4v) is 2.85. The van der Waals surface area contributed by atoms with Crippen LogP contribution in [0.2, 0.25) is 0 Å². The van der Waals surface area contributed by atoms with Gasteiger partial charge in [0, 0.05) is 38.7 Å². The third kappa shape index (κ3) is 2.87. The fraction of sp³-hybridized carbons (Fsp3) is 0.571. The molecule has 3 rings (SSSR count). The number of anilines is 1. The minimum absolute atomic E-state index is 0.0466. The molecule has 1 aromatic heterocycles. The number of piperazine rings is 1. The maximum atomic E-state index is 12.3. The van der Waals surface area contributed by atoms with Gasteiger partial charge in [-0.05, 0) is 6.42 Å². The van der Waals surface area contributed by atoms with E-state index < -0.39 is 6.04 Å². The molecule has 7 heteroatoms. The summed E-state index contributed by atoms with van der Waals surface area (Å²) in [6.45, 7) is 3.36. The van der Waals surface area contributed by atoms with E-state index in [4.69, 9.17) is 0 Å². The number of Topliss-reactive ketones (excluding diaryl/α,β-unsaturated/α-hetero) is 2. The summed E-state index contributed by atoms with van der Waals surface area (Å²) in [6.07, 6.45) is 2.11. The van der Waals surface area contributed by atoms with Gasteiger partial charge in [0.15, 0.2) is 5.78 Å². The topological polar surface area (TPSA) is 84.3 Å². The molecule has 21 heavy (non-hydrogen) atoms. The molecule has 2 aliphatic rings. The van der Waals surface area contributed by atoms with Crippen molar-refractivity contribution in [3.05, 3.63) is 22.7 Å². The van der Waals surface area contributed by atoms with Gasteiger partial charge in [0.25, 0.3) is 5.56 Å². The van der Waals surface area contributed by atoms with Gasteiger partial charge in [-0.25, -0.2) is 4.98 Å². The van der Waals surface area contributed by atoms with Gasteiger partial charge in [-0.15, -0.1) is 0 Å². The number of carbonyl (C=O) groups is 2. The molecule has 1 atom stereocenters. The van der Waals surface area contributed by atoms with E-state index in [0.717, 1.165) is 26.2 Å². The van der Waals surface area contributed by atoms with Crippen LogP contribution in [0, 0.1) is 0 Å². The van der Waals surface area contributed by atoms with Gasteiger partial charge >= 0.3 is 0 Å². The molecule has 2 heterocycles. The van der Waals surface area contributed by atoms with Gasteiger partial charge in [0.2, 0.25) is 0 Å². The predicted octanol–water partition coefficient (Wildman–Crippen LogP) is -0.484. The zero-order chi connectivity index (χ0) is 14.8. The Hall–Kier alpha value is -2.02. The van der Waals surface area contributed by atoms with E-state index in [1.54, 1.807) is 0 Å². The molecule has 1 saturated heterocycles. The first-order valence-corrected chi connectivity index (χ1v) is 7.23. The van der Waals surface area contributed by atoms with E-state index in [2.05, 4.69) is 15.2 Å². The van der Waals surface area contributed by atoms with Crippen molar-refractivity contribution in [1.82, 2.24) is 14.9 Å². The summed E-state index contributed by atoms with van der Waals surface area (Å²) in [4.78, 5) is 41.8. The number of hydrogen-bond donors (Lipinski definition) is 1. The molecule has 1 N–H and O–H groups in total. The van der Waals surface area contributed by atoms with Crippen molar-refractivity contribution in [3.63, 3.8) is 0 Å². The number of nitrogens with zero attached hydrogens (tertiary/aromatic N) is 3. The second-order valence-electron chi connectivity index (χ2n) is 5.47. The van der Waals surface area contributed by atoms with Gasteiger partial charge in [0.1, 0.15) is 17.9 Å². The second kappa shape index (κ2) is 5.77. The average molecular weight is 290 g/mol. The highest BCUT2D eigenvalue weighted by Gasteiger charge is 2.29. The predicted molar refractivity (Wildman–Crippen MR) is 76.5 cm³/mol. The molecule has 0 bridgehead atoms. The standard InChI is InChI=1S/C14H18N4O3/c19-10-1-2-11(12(20)7-10)18-9-16-13(8-14(18)21)17-5-3-15-4-6-17/h8-9,11,15H,1-7H2. The molecule has 112 valence electrons. The summed E-state index contributed by atoms with van der Waals surface area (Å²) in [6, 6.07) is 0.939. The molecular formula is C14H18N4O3. The third-order valence-corrected chi connectivity index (χ3v) is 4.04. The molecule has 1 aromatic rings. The highest BCUT2D eigenvalue weighted by molar-refractivity contribution is 6.03. The van der Waals surface area contributed by atoms with E-state index in [1.165, 1.54) is 17.0 Å². The molecule has 0 aromatic carbocycles. The Morgan fingerprint density at radius 1 is 1.19 bits per heavy atom. The Balaban J connectivity index is 1.82. The Morgan fingerprint density at radius 3 is 2.62 bits per heavy atom. The van der Waals surface area contributed by atoms with Gasteiger partial charge in [-0.3, -0.25) is 19.0 Å². The number of rotatable bonds is 2. The Morgan fingerprint density at radius 2 is 1.95 bits per heavy atom. The quantitative estimate of drug-likeness (QED) is 0.740. The number of aromatic nitrogens is 2. The van der Waals surface area contributed by atoms with Crippen LogP contribution in [0.5, 0.6) is 0 Å². The smallest absolute Gasteiger partial charge is 0.256 e. The monoisotopic (exact) mass is 290 g/mol. The third-order valence-electron chi connectivity index (χ3n) is 4.04. The maximum absolute atomic E-state index is 12.3. The van der Waals surface area contributed by atoms with Gasteiger partial charge in [-0.2, -0.15) is 0 Å². The Labute approximate surface area is 122 Å². The molecule has 0 radical (unpaired) electrons. The van der Waals surface area contributed by atoms with Crippen molar-refractivity contribution in [2.24, 2.45) is 0 Å². The molecule has 0 spiro atoms. The molecule has 1 aliphatic heterocycles. The fourth-order valence-electron chi connectivity index (χ4n) is 2.85. The molecular weight excluding hydrogens is 272 g/mol. The van der Waals surface area contributed by atoms with Crippen LogP contribution >= 0.6 is 0 Å². The highest BCUT2D eigenvalue weighted by Crippen LogP contribution is 2.22. The lowest BCUT2D eigenvalue weighted by atomic mass is 9.93. The van der Waals surface area contributed by atoms with Crippen molar-refractivity contribution in [2.75, 3.05) is 31.1 Å². The summed E-state index contributed by atoms with van der Waals surface area (Å²) in [5, 5.41) is 3.24. The van der Waals surface area contributed by atoms with Crippen molar-refractivity contribution >= 4 is 17.4 Å². The molecule has 1 saturated carbocycles. The molecule has 7 nitrogen and oxygen atoms in total. The highest BCUT2D eigenvalue weighted by atomic mass is 16.2. The van der Waals surface area contributed by atoms with Crippen molar-refractivity contribution < 1.29 is 9.59 Å². The Kier molecular flexibility index (Phi) is 3.83. The minimum atomic E-state index is -0.542. The summed E-state index contributed by atoms with van der Waals surface area (Å²) in [5.41, 5.74) is -0.230. The first-order chi connectivity index (χ1) is 10.1. The largest absolute Gasteiger partial charge is 0.354 e.